The molecule has 1 aromatic carbocycles. The molecule has 1 atom stereocenters. The Bertz CT molecular complexity index is 867. The average Bonchev–Trinajstić information content (AvgIpc) is 2.88. The van der Waals surface area contributed by atoms with E-state index in [0.29, 0.717) is 6.42 Å². The molecular formula is C16H18N4O3S. The number of carbonyl (C=O) groups excluding carboxylic acids is 1. The van der Waals surface area contributed by atoms with Gasteiger partial charge in [-0.15, -0.1) is 0 Å². The van der Waals surface area contributed by atoms with Crippen molar-refractivity contribution in [2.75, 3.05) is 22.1 Å². The fraction of sp³-hybridized carbons (Fsp3) is 0.312. The summed E-state index contributed by atoms with van der Waals surface area (Å²) in [7, 11) is -2.98. The average molecular weight is 346 g/mol. The maximum atomic E-state index is 12.3. The van der Waals surface area contributed by atoms with E-state index in [1.807, 2.05) is 31.2 Å². The summed E-state index contributed by atoms with van der Waals surface area (Å²) in [5.74, 6) is 0.150. The van der Waals surface area contributed by atoms with Crippen LogP contribution in [-0.2, 0) is 9.84 Å². The van der Waals surface area contributed by atoms with Gasteiger partial charge in [-0.3, -0.25) is 4.79 Å². The third kappa shape index (κ3) is 3.88. The zero-order chi connectivity index (χ0) is 17.2. The van der Waals surface area contributed by atoms with E-state index < -0.39 is 9.84 Å². The summed E-state index contributed by atoms with van der Waals surface area (Å²) in [6.07, 6.45) is 2.00. The molecular weight excluding hydrogens is 328 g/mol. The number of nitrogens with one attached hydrogen (secondary N) is 2. The van der Waals surface area contributed by atoms with Crippen molar-refractivity contribution in [3.8, 4) is 0 Å². The zero-order valence-corrected chi connectivity index (χ0v) is 14.0. The van der Waals surface area contributed by atoms with Gasteiger partial charge in [0.15, 0.2) is 9.84 Å². The van der Waals surface area contributed by atoms with E-state index >= 15 is 0 Å². The summed E-state index contributed by atoms with van der Waals surface area (Å²) < 4.78 is 23.0. The number of amides is 1. The van der Waals surface area contributed by atoms with Crippen LogP contribution in [0.2, 0.25) is 0 Å². The SMILES string of the molecule is Cc1ccccc1NC(=O)c1ccnc(NC2CCS(=O)(=O)C2)n1. The predicted octanol–water partition coefficient (Wildman–Crippen LogP) is 1.64. The Morgan fingerprint density at radius 2 is 2.04 bits per heavy atom. The van der Waals surface area contributed by atoms with Gasteiger partial charge in [0, 0.05) is 17.9 Å². The van der Waals surface area contributed by atoms with Crippen molar-refractivity contribution in [1.82, 2.24) is 9.97 Å². The van der Waals surface area contributed by atoms with Gasteiger partial charge in [-0.05, 0) is 31.0 Å². The quantitative estimate of drug-likeness (QED) is 0.873. The molecule has 1 unspecified atom stereocenters. The van der Waals surface area contributed by atoms with Crippen molar-refractivity contribution in [3.05, 3.63) is 47.8 Å². The number of anilines is 2. The molecule has 7 nitrogen and oxygen atoms in total. The van der Waals surface area contributed by atoms with Gasteiger partial charge in [-0.25, -0.2) is 18.4 Å². The number of hydrogen-bond acceptors (Lipinski definition) is 6. The van der Waals surface area contributed by atoms with Gasteiger partial charge in [0.25, 0.3) is 5.91 Å². The molecule has 0 bridgehead atoms. The van der Waals surface area contributed by atoms with Gasteiger partial charge in [-0.2, -0.15) is 0 Å². The minimum absolute atomic E-state index is 0.0655. The first-order valence-corrected chi connectivity index (χ1v) is 9.42. The van der Waals surface area contributed by atoms with Gasteiger partial charge >= 0.3 is 0 Å². The molecule has 0 radical (unpaired) electrons. The van der Waals surface area contributed by atoms with Gasteiger partial charge < -0.3 is 10.6 Å². The van der Waals surface area contributed by atoms with Crippen LogP contribution in [0, 0.1) is 6.92 Å². The first-order valence-electron chi connectivity index (χ1n) is 7.60. The largest absolute Gasteiger partial charge is 0.350 e. The maximum absolute atomic E-state index is 12.3. The summed E-state index contributed by atoms with van der Waals surface area (Å²) in [6.45, 7) is 1.91. The van der Waals surface area contributed by atoms with Crippen LogP contribution >= 0.6 is 0 Å². The highest BCUT2D eigenvalue weighted by Gasteiger charge is 2.28. The molecule has 0 saturated carbocycles. The Morgan fingerprint density at radius 3 is 2.75 bits per heavy atom. The van der Waals surface area contributed by atoms with E-state index in [9.17, 15) is 13.2 Å². The lowest BCUT2D eigenvalue weighted by Gasteiger charge is -2.11. The van der Waals surface area contributed by atoms with E-state index in [0.717, 1.165) is 11.3 Å². The lowest BCUT2D eigenvalue weighted by molar-refractivity contribution is 0.102. The number of carbonyl (C=O) groups is 1. The summed E-state index contributed by atoms with van der Waals surface area (Å²) in [6, 6.07) is 8.76. The molecule has 1 aliphatic heterocycles. The molecule has 2 N–H and O–H groups in total. The van der Waals surface area contributed by atoms with Crippen LogP contribution < -0.4 is 10.6 Å². The van der Waals surface area contributed by atoms with Crippen molar-refractivity contribution in [2.45, 2.75) is 19.4 Å². The minimum atomic E-state index is -2.98. The Kier molecular flexibility index (Phi) is 4.48. The first kappa shape index (κ1) is 16.4. The second-order valence-electron chi connectivity index (χ2n) is 5.78. The van der Waals surface area contributed by atoms with E-state index in [-0.39, 0.29) is 35.1 Å². The van der Waals surface area contributed by atoms with Crippen LogP contribution in [0.4, 0.5) is 11.6 Å². The zero-order valence-electron chi connectivity index (χ0n) is 13.2. The highest BCUT2D eigenvalue weighted by Crippen LogP contribution is 2.16. The van der Waals surface area contributed by atoms with Crippen LogP contribution in [-0.4, -0.2) is 41.8 Å². The Labute approximate surface area is 140 Å². The predicted molar refractivity (Wildman–Crippen MR) is 91.8 cm³/mol. The topological polar surface area (TPSA) is 101 Å². The standard InChI is InChI=1S/C16H18N4O3S/c1-11-4-2-3-5-13(11)19-15(21)14-6-8-17-16(20-14)18-12-7-9-24(22,23)10-12/h2-6,8,12H,7,9-10H2,1H3,(H,19,21)(H,17,18,20). The van der Waals surface area contributed by atoms with Crippen LogP contribution in [0.3, 0.4) is 0 Å². The molecule has 1 fully saturated rings. The number of sulfone groups is 1. The van der Waals surface area contributed by atoms with Crippen molar-refractivity contribution >= 4 is 27.4 Å². The molecule has 1 saturated heterocycles. The molecule has 0 aliphatic carbocycles. The minimum Gasteiger partial charge on any atom is -0.350 e. The molecule has 3 rings (SSSR count). The van der Waals surface area contributed by atoms with E-state index in [1.165, 1.54) is 12.3 Å². The number of rotatable bonds is 4. The molecule has 0 spiro atoms. The van der Waals surface area contributed by atoms with Crippen LogP contribution in [0.25, 0.3) is 0 Å². The fourth-order valence-electron chi connectivity index (χ4n) is 2.55. The van der Waals surface area contributed by atoms with Crippen LogP contribution in [0.5, 0.6) is 0 Å². The molecule has 8 heteroatoms. The van der Waals surface area contributed by atoms with Gasteiger partial charge in [0.1, 0.15) is 5.69 Å². The highest BCUT2D eigenvalue weighted by molar-refractivity contribution is 7.91. The summed E-state index contributed by atoms with van der Waals surface area (Å²) >= 11 is 0. The second-order valence-corrected chi connectivity index (χ2v) is 8.01. The number of para-hydroxylation sites is 1. The highest BCUT2D eigenvalue weighted by atomic mass is 32.2. The molecule has 24 heavy (non-hydrogen) atoms. The maximum Gasteiger partial charge on any atom is 0.274 e. The Balaban J connectivity index is 1.71. The second kappa shape index (κ2) is 6.56. The van der Waals surface area contributed by atoms with Crippen LogP contribution in [0.1, 0.15) is 22.5 Å². The smallest absolute Gasteiger partial charge is 0.274 e. The Morgan fingerprint density at radius 1 is 1.25 bits per heavy atom. The fourth-order valence-corrected chi connectivity index (χ4v) is 4.22. The summed E-state index contributed by atoms with van der Waals surface area (Å²) in [5.41, 5.74) is 1.89. The number of hydrogen-bond donors (Lipinski definition) is 2. The molecule has 126 valence electrons. The monoisotopic (exact) mass is 346 g/mol. The third-order valence-electron chi connectivity index (χ3n) is 3.85. The van der Waals surface area contributed by atoms with E-state index in [4.69, 9.17) is 0 Å². The van der Waals surface area contributed by atoms with Crippen molar-refractivity contribution in [3.63, 3.8) is 0 Å². The molecule has 1 aliphatic rings. The van der Waals surface area contributed by atoms with E-state index in [1.54, 1.807) is 0 Å². The van der Waals surface area contributed by atoms with Gasteiger partial charge in [0.05, 0.1) is 11.5 Å². The number of aryl methyl sites for hydroxylation is 1. The number of nitrogens with zero attached hydrogens (tertiary/aromatic N) is 2. The molecule has 1 amide bonds. The number of aromatic nitrogens is 2. The lowest BCUT2D eigenvalue weighted by Crippen LogP contribution is -2.23. The van der Waals surface area contributed by atoms with Crippen molar-refractivity contribution in [1.29, 1.82) is 0 Å². The molecule has 2 heterocycles. The van der Waals surface area contributed by atoms with Gasteiger partial charge in [-0.1, -0.05) is 18.2 Å². The van der Waals surface area contributed by atoms with Gasteiger partial charge in [0.2, 0.25) is 5.95 Å². The van der Waals surface area contributed by atoms with Crippen molar-refractivity contribution in [2.24, 2.45) is 0 Å². The van der Waals surface area contributed by atoms with E-state index in [2.05, 4.69) is 20.6 Å². The molecule has 1 aromatic heterocycles. The summed E-state index contributed by atoms with van der Waals surface area (Å²) in [4.78, 5) is 20.6. The lowest BCUT2D eigenvalue weighted by atomic mass is 10.2. The Hall–Kier alpha value is -2.48. The van der Waals surface area contributed by atoms with Crippen LogP contribution in [0.15, 0.2) is 36.5 Å². The first-order chi connectivity index (χ1) is 11.4. The number of benzene rings is 1. The third-order valence-corrected chi connectivity index (χ3v) is 5.62. The molecule has 2 aromatic rings. The summed E-state index contributed by atoms with van der Waals surface area (Å²) in [5, 5.41) is 5.79. The van der Waals surface area contributed by atoms with Crippen molar-refractivity contribution < 1.29 is 13.2 Å². The normalized spacial score (nSPS) is 19.0.